The lowest BCUT2D eigenvalue weighted by atomic mass is 10.1. The summed E-state index contributed by atoms with van der Waals surface area (Å²) in [7, 11) is 0. The summed E-state index contributed by atoms with van der Waals surface area (Å²) in [6.45, 7) is -0.0377. The Balaban J connectivity index is 0.000000197. The maximum Gasteiger partial charge on any atom is 0.322 e. The fourth-order valence-electron chi connectivity index (χ4n) is 2.36. The summed E-state index contributed by atoms with van der Waals surface area (Å²) < 4.78 is 0. The van der Waals surface area contributed by atoms with E-state index in [1.54, 1.807) is 0 Å². The van der Waals surface area contributed by atoms with Crippen LogP contribution in [0.5, 0.6) is 0 Å². The average Bonchev–Trinajstić information content (AvgIpc) is 3.04. The van der Waals surface area contributed by atoms with Crippen LogP contribution in [-0.4, -0.2) is 39.7 Å². The number of hydrogen-bond acceptors (Lipinski definition) is 4. The van der Waals surface area contributed by atoms with Gasteiger partial charge in [0.25, 0.3) is 0 Å². The molecular weight excluding hydrogens is 334 g/mol. The number of aromatic amines is 1. The van der Waals surface area contributed by atoms with Crippen molar-refractivity contribution >= 4 is 28.5 Å². The van der Waals surface area contributed by atoms with E-state index in [0.717, 1.165) is 22.2 Å². The van der Waals surface area contributed by atoms with E-state index in [1.165, 1.54) is 0 Å². The van der Waals surface area contributed by atoms with E-state index >= 15 is 0 Å². The molecule has 0 bridgehead atoms. The lowest BCUT2D eigenvalue weighted by Gasteiger charge is -2.04. The monoisotopic (exact) mass is 355 g/mol. The molecule has 7 heteroatoms. The van der Waals surface area contributed by atoms with Crippen LogP contribution in [0, 0.1) is 0 Å². The molecular formula is C19H21N3O4. The average molecular weight is 355 g/mol. The van der Waals surface area contributed by atoms with Crippen molar-refractivity contribution in [2.45, 2.75) is 12.5 Å². The topological polar surface area (TPSA) is 128 Å². The Bertz CT molecular complexity index is 861. The van der Waals surface area contributed by atoms with Crippen LogP contribution in [0.25, 0.3) is 10.9 Å². The fourth-order valence-corrected chi connectivity index (χ4v) is 2.36. The Labute approximate surface area is 150 Å². The summed E-state index contributed by atoms with van der Waals surface area (Å²) in [6, 6.07) is 16.1. The van der Waals surface area contributed by atoms with Gasteiger partial charge in [0.1, 0.15) is 12.6 Å². The van der Waals surface area contributed by atoms with Crippen LogP contribution < -0.4 is 11.1 Å². The van der Waals surface area contributed by atoms with Gasteiger partial charge in [0, 0.05) is 29.2 Å². The molecule has 6 N–H and O–H groups in total. The molecule has 0 spiro atoms. The lowest BCUT2D eigenvalue weighted by Crippen LogP contribution is -2.32. The largest absolute Gasteiger partial charge is 0.480 e. The minimum atomic E-state index is -0.972. The Hall–Kier alpha value is -3.32. The first-order valence-corrected chi connectivity index (χ1v) is 8.01. The molecule has 3 rings (SSSR count). The van der Waals surface area contributed by atoms with Crippen LogP contribution in [0.15, 0.2) is 60.8 Å². The van der Waals surface area contributed by atoms with Crippen molar-refractivity contribution in [3.63, 3.8) is 0 Å². The molecule has 136 valence electrons. The zero-order chi connectivity index (χ0) is 18.9. The Morgan fingerprint density at radius 2 is 1.69 bits per heavy atom. The SMILES string of the molecule is N[C@@H](Cc1c[nH]c2ccccc12)C(=O)O.O=C(O)CNc1ccccc1. The van der Waals surface area contributed by atoms with Gasteiger partial charge in [-0.15, -0.1) is 0 Å². The summed E-state index contributed by atoms with van der Waals surface area (Å²) >= 11 is 0. The second kappa shape index (κ2) is 9.24. The fraction of sp³-hybridized carbons (Fsp3) is 0.158. The van der Waals surface area contributed by atoms with E-state index in [1.807, 2.05) is 60.8 Å². The predicted molar refractivity (Wildman–Crippen MR) is 100 cm³/mol. The standard InChI is InChI=1S/C11H12N2O2.C8H9NO2/c12-9(11(14)15)5-7-6-13-10-4-2-1-3-8(7)10;10-8(11)6-9-7-4-2-1-3-5-7/h1-4,6,9,13H,5,12H2,(H,14,15);1-5,9H,6H2,(H,10,11)/t9-;/m0./s1. The number of carboxylic acids is 2. The molecule has 0 amide bonds. The summed E-state index contributed by atoms with van der Waals surface area (Å²) in [4.78, 5) is 23.8. The molecule has 0 radical (unpaired) electrons. The zero-order valence-electron chi connectivity index (χ0n) is 14.1. The number of hydrogen-bond donors (Lipinski definition) is 5. The van der Waals surface area contributed by atoms with E-state index in [2.05, 4.69) is 10.3 Å². The quantitative estimate of drug-likeness (QED) is 0.461. The summed E-state index contributed by atoms with van der Waals surface area (Å²) in [5, 5.41) is 20.8. The minimum absolute atomic E-state index is 0.0377. The van der Waals surface area contributed by atoms with Crippen LogP contribution in [0.2, 0.25) is 0 Å². The van der Waals surface area contributed by atoms with Crippen LogP contribution in [0.4, 0.5) is 5.69 Å². The van der Waals surface area contributed by atoms with E-state index < -0.39 is 18.0 Å². The first-order chi connectivity index (χ1) is 12.5. The lowest BCUT2D eigenvalue weighted by molar-refractivity contribution is -0.138. The Morgan fingerprint density at radius 1 is 1.04 bits per heavy atom. The first-order valence-electron chi connectivity index (χ1n) is 8.01. The maximum absolute atomic E-state index is 10.6. The van der Waals surface area contributed by atoms with Crippen LogP contribution >= 0.6 is 0 Å². The highest BCUT2D eigenvalue weighted by Gasteiger charge is 2.14. The van der Waals surface area contributed by atoms with Gasteiger partial charge in [-0.1, -0.05) is 36.4 Å². The van der Waals surface area contributed by atoms with Gasteiger partial charge in [-0.2, -0.15) is 0 Å². The van der Waals surface area contributed by atoms with Crippen molar-refractivity contribution in [1.29, 1.82) is 0 Å². The van der Waals surface area contributed by atoms with Crippen LogP contribution in [0.3, 0.4) is 0 Å². The molecule has 0 saturated heterocycles. The molecule has 1 heterocycles. The van der Waals surface area contributed by atoms with E-state index in [-0.39, 0.29) is 6.54 Å². The number of carbonyl (C=O) groups is 2. The third-order valence-electron chi connectivity index (χ3n) is 3.65. The van der Waals surface area contributed by atoms with Crippen molar-refractivity contribution in [2.75, 3.05) is 11.9 Å². The van der Waals surface area contributed by atoms with Gasteiger partial charge in [0.2, 0.25) is 0 Å². The molecule has 0 unspecified atom stereocenters. The molecule has 0 fully saturated rings. The number of nitrogens with one attached hydrogen (secondary N) is 2. The number of fused-ring (bicyclic) bond motifs is 1. The van der Waals surface area contributed by atoms with E-state index in [9.17, 15) is 9.59 Å². The molecule has 7 nitrogen and oxygen atoms in total. The van der Waals surface area contributed by atoms with E-state index in [0.29, 0.717) is 6.42 Å². The Morgan fingerprint density at radius 3 is 2.35 bits per heavy atom. The number of para-hydroxylation sites is 2. The number of nitrogens with two attached hydrogens (primary N) is 1. The summed E-state index contributed by atoms with van der Waals surface area (Å²) in [6.07, 6.45) is 2.16. The molecule has 0 aliphatic heterocycles. The molecule has 1 aromatic heterocycles. The second-order valence-electron chi connectivity index (χ2n) is 5.62. The second-order valence-corrected chi connectivity index (χ2v) is 5.62. The molecule has 1 atom stereocenters. The van der Waals surface area contributed by atoms with Crippen molar-refractivity contribution < 1.29 is 19.8 Å². The highest BCUT2D eigenvalue weighted by molar-refractivity contribution is 5.84. The molecule has 0 saturated carbocycles. The van der Waals surface area contributed by atoms with Gasteiger partial charge < -0.3 is 26.2 Å². The third-order valence-corrected chi connectivity index (χ3v) is 3.65. The van der Waals surface area contributed by atoms with Crippen LogP contribution in [-0.2, 0) is 16.0 Å². The highest BCUT2D eigenvalue weighted by Crippen LogP contribution is 2.18. The number of benzene rings is 2. The zero-order valence-corrected chi connectivity index (χ0v) is 14.1. The van der Waals surface area contributed by atoms with Crippen LogP contribution in [0.1, 0.15) is 5.56 Å². The van der Waals surface area contributed by atoms with Gasteiger partial charge in [-0.25, -0.2) is 0 Å². The number of carboxylic acid groups (broad SMARTS) is 2. The number of aromatic nitrogens is 1. The highest BCUT2D eigenvalue weighted by atomic mass is 16.4. The van der Waals surface area contributed by atoms with Crippen molar-refractivity contribution in [1.82, 2.24) is 4.98 Å². The van der Waals surface area contributed by atoms with Crippen molar-refractivity contribution in [3.8, 4) is 0 Å². The minimum Gasteiger partial charge on any atom is -0.480 e. The summed E-state index contributed by atoms with van der Waals surface area (Å²) in [5.41, 5.74) is 8.26. The maximum atomic E-state index is 10.6. The number of aliphatic carboxylic acids is 2. The van der Waals surface area contributed by atoms with Crippen molar-refractivity contribution in [3.05, 3.63) is 66.4 Å². The van der Waals surface area contributed by atoms with Gasteiger partial charge >= 0.3 is 11.9 Å². The molecule has 26 heavy (non-hydrogen) atoms. The molecule has 3 aromatic rings. The van der Waals surface area contributed by atoms with E-state index in [4.69, 9.17) is 15.9 Å². The molecule has 0 aliphatic carbocycles. The Kier molecular flexibility index (Phi) is 6.75. The molecule has 0 aliphatic rings. The third kappa shape index (κ3) is 5.64. The number of rotatable bonds is 6. The summed E-state index contributed by atoms with van der Waals surface area (Å²) in [5.74, 6) is -1.82. The number of anilines is 1. The van der Waals surface area contributed by atoms with Gasteiger partial charge in [-0.3, -0.25) is 9.59 Å². The predicted octanol–water partition coefficient (Wildman–Crippen LogP) is 2.31. The van der Waals surface area contributed by atoms with Crippen molar-refractivity contribution in [2.24, 2.45) is 5.73 Å². The normalized spacial score (nSPS) is 11.3. The van der Waals surface area contributed by atoms with Gasteiger partial charge in [0.15, 0.2) is 0 Å². The first kappa shape index (κ1) is 19.0. The van der Waals surface area contributed by atoms with Gasteiger partial charge in [-0.05, 0) is 23.8 Å². The smallest absolute Gasteiger partial charge is 0.322 e. The van der Waals surface area contributed by atoms with Gasteiger partial charge in [0.05, 0.1) is 0 Å². The number of H-pyrrole nitrogens is 1. The molecule has 2 aromatic carbocycles.